The highest BCUT2D eigenvalue weighted by Crippen LogP contribution is 2.31. The van der Waals surface area contributed by atoms with E-state index in [1.165, 1.54) is 11.1 Å². The van der Waals surface area contributed by atoms with Crippen molar-refractivity contribution in [2.24, 2.45) is 0 Å². The van der Waals surface area contributed by atoms with E-state index in [0.717, 1.165) is 23.9 Å². The molecule has 1 N–H and O–H groups in total. The molecule has 3 nitrogen and oxygen atoms in total. The Balaban J connectivity index is 2.86. The monoisotopic (exact) mass is 259 g/mol. The average molecular weight is 259 g/mol. The molecule has 2 aromatic rings. The second kappa shape index (κ2) is 5.08. The lowest BCUT2D eigenvalue weighted by molar-refractivity contribution is 0.0697. The summed E-state index contributed by atoms with van der Waals surface area (Å²) in [5.74, 6) is -0.459. The fourth-order valence-corrected chi connectivity index (χ4v) is 2.66. The molecule has 1 aromatic heterocycles. The molecule has 0 spiro atoms. The van der Waals surface area contributed by atoms with Crippen LogP contribution in [0.3, 0.4) is 0 Å². The molecule has 0 aliphatic carbocycles. The van der Waals surface area contributed by atoms with Crippen LogP contribution in [0.25, 0.3) is 10.9 Å². The standard InChI is InChI=1S/C16H21NO2/c1-5-11-7-12(16(18)19)8-13-14(10(3)4)9-17(6-2)15(11)13/h7-10H,5-6H2,1-4H3,(H,18,19). The third-order valence-corrected chi connectivity index (χ3v) is 3.67. The largest absolute Gasteiger partial charge is 0.478 e. The Morgan fingerprint density at radius 3 is 2.47 bits per heavy atom. The number of aryl methyl sites for hydroxylation is 2. The molecule has 2 rings (SSSR count). The SMILES string of the molecule is CCc1cc(C(=O)O)cc2c(C(C)C)cn(CC)c12. The van der Waals surface area contributed by atoms with Gasteiger partial charge in [0.05, 0.1) is 11.1 Å². The van der Waals surface area contributed by atoms with Gasteiger partial charge in [-0.3, -0.25) is 0 Å². The van der Waals surface area contributed by atoms with Crippen molar-refractivity contribution in [1.82, 2.24) is 4.57 Å². The van der Waals surface area contributed by atoms with Gasteiger partial charge in [0.25, 0.3) is 0 Å². The van der Waals surface area contributed by atoms with Crippen molar-refractivity contribution in [2.45, 2.75) is 46.6 Å². The second-order valence-corrected chi connectivity index (χ2v) is 5.22. The molecule has 0 saturated carbocycles. The predicted molar refractivity (Wildman–Crippen MR) is 78.0 cm³/mol. The molecule has 0 fully saturated rings. The zero-order valence-corrected chi connectivity index (χ0v) is 12.0. The van der Waals surface area contributed by atoms with Gasteiger partial charge in [-0.15, -0.1) is 0 Å². The van der Waals surface area contributed by atoms with E-state index in [4.69, 9.17) is 0 Å². The number of hydrogen-bond acceptors (Lipinski definition) is 1. The Morgan fingerprint density at radius 2 is 2.00 bits per heavy atom. The molecule has 0 saturated heterocycles. The summed E-state index contributed by atoms with van der Waals surface area (Å²) in [5.41, 5.74) is 3.93. The number of carboxylic acids is 1. The lowest BCUT2D eigenvalue weighted by Gasteiger charge is -2.08. The Bertz CT molecular complexity index is 623. The zero-order chi connectivity index (χ0) is 14.2. The molecular formula is C16H21NO2. The van der Waals surface area contributed by atoms with Gasteiger partial charge >= 0.3 is 5.97 Å². The van der Waals surface area contributed by atoms with Crippen molar-refractivity contribution in [3.8, 4) is 0 Å². The summed E-state index contributed by atoms with van der Waals surface area (Å²) in [7, 11) is 0. The van der Waals surface area contributed by atoms with Gasteiger partial charge in [0.1, 0.15) is 0 Å². The lowest BCUT2D eigenvalue weighted by atomic mass is 9.98. The van der Waals surface area contributed by atoms with E-state index in [1.807, 2.05) is 6.07 Å². The highest BCUT2D eigenvalue weighted by atomic mass is 16.4. The fourth-order valence-electron chi connectivity index (χ4n) is 2.66. The van der Waals surface area contributed by atoms with Crippen molar-refractivity contribution in [1.29, 1.82) is 0 Å². The van der Waals surface area contributed by atoms with E-state index >= 15 is 0 Å². The van der Waals surface area contributed by atoms with Crippen molar-refractivity contribution in [3.05, 3.63) is 35.0 Å². The van der Waals surface area contributed by atoms with Gasteiger partial charge < -0.3 is 9.67 Å². The molecule has 102 valence electrons. The minimum absolute atomic E-state index is 0.389. The van der Waals surface area contributed by atoms with E-state index in [9.17, 15) is 9.90 Å². The molecule has 3 heteroatoms. The smallest absolute Gasteiger partial charge is 0.335 e. The van der Waals surface area contributed by atoms with Gasteiger partial charge in [0, 0.05) is 18.1 Å². The van der Waals surface area contributed by atoms with Crippen molar-refractivity contribution in [3.63, 3.8) is 0 Å². The van der Waals surface area contributed by atoms with Gasteiger partial charge in [0.2, 0.25) is 0 Å². The molecule has 0 atom stereocenters. The topological polar surface area (TPSA) is 42.2 Å². The van der Waals surface area contributed by atoms with Crippen LogP contribution in [-0.4, -0.2) is 15.6 Å². The maximum Gasteiger partial charge on any atom is 0.335 e. The van der Waals surface area contributed by atoms with Gasteiger partial charge in [-0.25, -0.2) is 4.79 Å². The van der Waals surface area contributed by atoms with Crippen LogP contribution in [0.1, 0.15) is 55.1 Å². The van der Waals surface area contributed by atoms with Crippen LogP contribution >= 0.6 is 0 Å². The summed E-state index contributed by atoms with van der Waals surface area (Å²) < 4.78 is 2.23. The van der Waals surface area contributed by atoms with Crippen LogP contribution in [0.2, 0.25) is 0 Å². The molecule has 1 aromatic carbocycles. The number of aromatic nitrogens is 1. The summed E-state index contributed by atoms with van der Waals surface area (Å²) in [5, 5.41) is 10.3. The third-order valence-electron chi connectivity index (χ3n) is 3.67. The second-order valence-electron chi connectivity index (χ2n) is 5.22. The molecule has 1 heterocycles. The number of hydrogen-bond donors (Lipinski definition) is 1. The fraction of sp³-hybridized carbons (Fsp3) is 0.438. The minimum atomic E-state index is -0.851. The molecule has 0 amide bonds. The Kier molecular flexibility index (Phi) is 3.65. The van der Waals surface area contributed by atoms with E-state index in [0.29, 0.717) is 11.5 Å². The molecule has 0 unspecified atom stereocenters. The molecule has 19 heavy (non-hydrogen) atoms. The normalized spacial score (nSPS) is 11.4. The summed E-state index contributed by atoms with van der Waals surface area (Å²) in [6, 6.07) is 3.62. The Hall–Kier alpha value is -1.77. The summed E-state index contributed by atoms with van der Waals surface area (Å²) in [6.07, 6.45) is 3.01. The average Bonchev–Trinajstić information content (AvgIpc) is 2.76. The zero-order valence-electron chi connectivity index (χ0n) is 12.0. The molecule has 0 aliphatic heterocycles. The van der Waals surface area contributed by atoms with Gasteiger partial charge in [-0.05, 0) is 42.5 Å². The number of aromatic carboxylic acids is 1. The highest BCUT2D eigenvalue weighted by Gasteiger charge is 2.16. The summed E-state index contributed by atoms with van der Waals surface area (Å²) in [4.78, 5) is 11.3. The molecule has 0 bridgehead atoms. The number of nitrogens with zero attached hydrogens (tertiary/aromatic N) is 1. The number of carboxylic acid groups (broad SMARTS) is 1. The third kappa shape index (κ3) is 2.25. The molecular weight excluding hydrogens is 238 g/mol. The van der Waals surface area contributed by atoms with Crippen molar-refractivity contribution >= 4 is 16.9 Å². The van der Waals surface area contributed by atoms with Gasteiger partial charge in [-0.1, -0.05) is 20.8 Å². The Morgan fingerprint density at radius 1 is 1.32 bits per heavy atom. The first-order valence-electron chi connectivity index (χ1n) is 6.88. The highest BCUT2D eigenvalue weighted by molar-refractivity contribution is 5.96. The summed E-state index contributed by atoms with van der Waals surface area (Å²) >= 11 is 0. The molecule has 0 aliphatic rings. The number of rotatable bonds is 4. The van der Waals surface area contributed by atoms with Crippen molar-refractivity contribution < 1.29 is 9.90 Å². The van der Waals surface area contributed by atoms with E-state index in [2.05, 4.69) is 38.5 Å². The molecule has 0 radical (unpaired) electrons. The maximum atomic E-state index is 11.3. The van der Waals surface area contributed by atoms with Crippen LogP contribution in [0.15, 0.2) is 18.3 Å². The maximum absolute atomic E-state index is 11.3. The predicted octanol–water partition coefficient (Wildman–Crippen LogP) is 4.05. The van der Waals surface area contributed by atoms with Crippen LogP contribution in [0.4, 0.5) is 0 Å². The van der Waals surface area contributed by atoms with Crippen molar-refractivity contribution in [2.75, 3.05) is 0 Å². The van der Waals surface area contributed by atoms with Crippen LogP contribution in [0.5, 0.6) is 0 Å². The van der Waals surface area contributed by atoms with Crippen LogP contribution < -0.4 is 0 Å². The van der Waals surface area contributed by atoms with Crippen LogP contribution in [0, 0.1) is 0 Å². The first-order valence-corrected chi connectivity index (χ1v) is 6.88. The van der Waals surface area contributed by atoms with E-state index in [-0.39, 0.29) is 0 Å². The van der Waals surface area contributed by atoms with E-state index < -0.39 is 5.97 Å². The Labute approximate surface area is 113 Å². The van der Waals surface area contributed by atoms with E-state index in [1.54, 1.807) is 6.07 Å². The minimum Gasteiger partial charge on any atom is -0.478 e. The quantitative estimate of drug-likeness (QED) is 0.900. The first-order chi connectivity index (χ1) is 8.99. The lowest BCUT2D eigenvalue weighted by Crippen LogP contribution is -2.00. The van der Waals surface area contributed by atoms with Gasteiger partial charge in [-0.2, -0.15) is 0 Å². The van der Waals surface area contributed by atoms with Gasteiger partial charge in [0.15, 0.2) is 0 Å². The van der Waals surface area contributed by atoms with Crippen LogP contribution in [-0.2, 0) is 13.0 Å². The first kappa shape index (κ1) is 13.7. The summed E-state index contributed by atoms with van der Waals surface area (Å²) in [6.45, 7) is 9.39. The number of benzene rings is 1. The number of carbonyl (C=O) groups is 1. The number of fused-ring (bicyclic) bond motifs is 1.